The number of rotatable bonds is 0. The maximum atomic E-state index is 9.32. The first-order valence-electron chi connectivity index (χ1n) is 4.78. The van der Waals surface area contributed by atoms with Gasteiger partial charge >= 0.3 is 0 Å². The third-order valence-electron chi connectivity index (χ3n) is 2.57. The van der Waals surface area contributed by atoms with Crippen LogP contribution >= 0.6 is 0 Å². The molecule has 1 aromatic carbocycles. The van der Waals surface area contributed by atoms with E-state index >= 15 is 0 Å². The minimum absolute atomic E-state index is 0.271. The molecule has 1 aliphatic rings. The van der Waals surface area contributed by atoms with Crippen LogP contribution in [0.25, 0.3) is 11.0 Å². The smallest absolute Gasteiger partial charge is 0.203 e. The quantitative estimate of drug-likeness (QED) is 0.661. The fraction of sp³-hybridized carbons (Fsp3) is 0.300. The number of phenolic OH excluding ortho intramolecular Hbond substituents is 1. The van der Waals surface area contributed by atoms with Crippen molar-refractivity contribution in [1.82, 2.24) is 9.55 Å². The van der Waals surface area contributed by atoms with Gasteiger partial charge in [0.2, 0.25) is 5.95 Å². The molecule has 0 aliphatic carbocycles. The van der Waals surface area contributed by atoms with E-state index < -0.39 is 0 Å². The summed E-state index contributed by atoms with van der Waals surface area (Å²) in [5, 5.41) is 12.6. The minimum atomic E-state index is 0.271. The van der Waals surface area contributed by atoms with Crippen LogP contribution in [-0.2, 0) is 6.54 Å². The molecule has 0 atom stereocenters. The molecule has 1 aromatic heterocycles. The number of hydrogen-bond donors (Lipinski definition) is 2. The van der Waals surface area contributed by atoms with Crippen LogP contribution in [0, 0.1) is 0 Å². The average molecular weight is 189 g/mol. The maximum Gasteiger partial charge on any atom is 0.203 e. The second kappa shape index (κ2) is 2.64. The van der Waals surface area contributed by atoms with Gasteiger partial charge in [0, 0.05) is 19.2 Å². The predicted molar refractivity (Wildman–Crippen MR) is 54.5 cm³/mol. The monoisotopic (exact) mass is 189 g/mol. The van der Waals surface area contributed by atoms with Crippen LogP contribution in [0.4, 0.5) is 5.95 Å². The summed E-state index contributed by atoms with van der Waals surface area (Å²) in [5.74, 6) is 1.18. The van der Waals surface area contributed by atoms with Gasteiger partial charge in [-0.2, -0.15) is 0 Å². The standard InChI is InChI=1S/C10H11N3O/c14-7-2-3-9-8(6-7)12-10-11-4-1-5-13(9)10/h2-3,6,14H,1,4-5H2,(H,11,12). The number of aromatic hydroxyl groups is 1. The Bertz CT molecular complexity index is 489. The summed E-state index contributed by atoms with van der Waals surface area (Å²) in [6.07, 6.45) is 1.12. The number of imidazole rings is 1. The van der Waals surface area contributed by atoms with Crippen LogP contribution in [0.15, 0.2) is 18.2 Å². The number of benzene rings is 1. The molecule has 2 heterocycles. The van der Waals surface area contributed by atoms with E-state index in [2.05, 4.69) is 14.9 Å². The summed E-state index contributed by atoms with van der Waals surface area (Å²) >= 11 is 0. The Kier molecular flexibility index (Phi) is 1.45. The first-order chi connectivity index (χ1) is 6.84. The molecule has 0 radical (unpaired) electrons. The second-order valence-electron chi connectivity index (χ2n) is 3.54. The molecule has 1 aliphatic heterocycles. The van der Waals surface area contributed by atoms with Crippen molar-refractivity contribution < 1.29 is 5.11 Å². The number of aromatic nitrogens is 2. The van der Waals surface area contributed by atoms with E-state index in [1.54, 1.807) is 12.1 Å². The zero-order chi connectivity index (χ0) is 9.54. The van der Waals surface area contributed by atoms with Gasteiger partial charge < -0.3 is 15.0 Å². The Morgan fingerprint density at radius 1 is 1.43 bits per heavy atom. The molecule has 3 rings (SSSR count). The predicted octanol–water partition coefficient (Wildman–Crippen LogP) is 1.56. The van der Waals surface area contributed by atoms with E-state index in [-0.39, 0.29) is 5.75 Å². The summed E-state index contributed by atoms with van der Waals surface area (Å²) in [7, 11) is 0. The SMILES string of the molecule is Oc1ccc2c(c1)nc1n2CCCN1. The molecule has 0 amide bonds. The van der Waals surface area contributed by atoms with Gasteiger partial charge in [0.15, 0.2) is 0 Å². The molecule has 2 aromatic rings. The van der Waals surface area contributed by atoms with E-state index in [1.165, 1.54) is 0 Å². The molecule has 0 saturated carbocycles. The third-order valence-corrected chi connectivity index (χ3v) is 2.57. The van der Waals surface area contributed by atoms with Crippen molar-refractivity contribution in [3.63, 3.8) is 0 Å². The highest BCUT2D eigenvalue weighted by Gasteiger charge is 2.13. The topological polar surface area (TPSA) is 50.1 Å². The van der Waals surface area contributed by atoms with Crippen molar-refractivity contribution in [2.75, 3.05) is 11.9 Å². The van der Waals surface area contributed by atoms with E-state index in [1.807, 2.05) is 6.07 Å². The van der Waals surface area contributed by atoms with E-state index in [9.17, 15) is 5.11 Å². The Balaban J connectivity index is 2.31. The molecule has 0 saturated heterocycles. The van der Waals surface area contributed by atoms with Gasteiger partial charge in [0.25, 0.3) is 0 Å². The molecule has 0 unspecified atom stereocenters. The number of nitrogens with zero attached hydrogens (tertiary/aromatic N) is 2. The van der Waals surface area contributed by atoms with Gasteiger partial charge in [-0.3, -0.25) is 0 Å². The van der Waals surface area contributed by atoms with E-state index in [4.69, 9.17) is 0 Å². The van der Waals surface area contributed by atoms with Crippen LogP contribution in [0.1, 0.15) is 6.42 Å². The Hall–Kier alpha value is -1.71. The molecule has 0 fully saturated rings. The lowest BCUT2D eigenvalue weighted by Gasteiger charge is -2.15. The molecule has 72 valence electrons. The summed E-state index contributed by atoms with van der Waals surface area (Å²) in [5.41, 5.74) is 1.94. The number of fused-ring (bicyclic) bond motifs is 3. The van der Waals surface area contributed by atoms with E-state index in [0.29, 0.717) is 0 Å². The van der Waals surface area contributed by atoms with Crippen LogP contribution in [0.3, 0.4) is 0 Å². The van der Waals surface area contributed by atoms with Crippen LogP contribution in [-0.4, -0.2) is 21.2 Å². The highest BCUT2D eigenvalue weighted by Crippen LogP contribution is 2.25. The minimum Gasteiger partial charge on any atom is -0.508 e. The van der Waals surface area contributed by atoms with E-state index in [0.717, 1.165) is 36.5 Å². The van der Waals surface area contributed by atoms with Gasteiger partial charge in [0.1, 0.15) is 5.75 Å². The summed E-state index contributed by atoms with van der Waals surface area (Å²) in [4.78, 5) is 4.41. The highest BCUT2D eigenvalue weighted by molar-refractivity contribution is 5.80. The Morgan fingerprint density at radius 2 is 2.36 bits per heavy atom. The fourth-order valence-corrected chi connectivity index (χ4v) is 1.92. The molecular formula is C10H11N3O. The molecular weight excluding hydrogens is 178 g/mol. The number of aryl methyl sites for hydroxylation is 1. The third kappa shape index (κ3) is 0.968. The largest absolute Gasteiger partial charge is 0.508 e. The zero-order valence-corrected chi connectivity index (χ0v) is 7.70. The van der Waals surface area contributed by atoms with Crippen LogP contribution in [0.2, 0.25) is 0 Å². The van der Waals surface area contributed by atoms with Crippen molar-refractivity contribution in [2.24, 2.45) is 0 Å². The maximum absolute atomic E-state index is 9.32. The van der Waals surface area contributed by atoms with Crippen molar-refractivity contribution in [1.29, 1.82) is 0 Å². The molecule has 4 nitrogen and oxygen atoms in total. The van der Waals surface area contributed by atoms with Crippen molar-refractivity contribution in [2.45, 2.75) is 13.0 Å². The average Bonchev–Trinajstić information content (AvgIpc) is 2.54. The van der Waals surface area contributed by atoms with Crippen molar-refractivity contribution in [3.05, 3.63) is 18.2 Å². The zero-order valence-electron chi connectivity index (χ0n) is 7.70. The summed E-state index contributed by atoms with van der Waals surface area (Å²) < 4.78 is 2.15. The lowest BCUT2D eigenvalue weighted by molar-refractivity contribution is 0.476. The highest BCUT2D eigenvalue weighted by atomic mass is 16.3. The molecule has 0 spiro atoms. The number of nitrogens with one attached hydrogen (secondary N) is 1. The number of phenols is 1. The molecule has 4 heteroatoms. The first kappa shape index (κ1) is 7.67. The van der Waals surface area contributed by atoms with Crippen LogP contribution < -0.4 is 5.32 Å². The van der Waals surface area contributed by atoms with Gasteiger partial charge in [-0.25, -0.2) is 4.98 Å². The van der Waals surface area contributed by atoms with Gasteiger partial charge in [-0.15, -0.1) is 0 Å². The lowest BCUT2D eigenvalue weighted by Crippen LogP contribution is -2.16. The van der Waals surface area contributed by atoms with Gasteiger partial charge in [-0.05, 0) is 18.6 Å². The number of hydrogen-bond acceptors (Lipinski definition) is 3. The van der Waals surface area contributed by atoms with Crippen molar-refractivity contribution in [3.8, 4) is 5.75 Å². The second-order valence-corrected chi connectivity index (χ2v) is 3.54. The Morgan fingerprint density at radius 3 is 3.29 bits per heavy atom. The van der Waals surface area contributed by atoms with Gasteiger partial charge in [0.05, 0.1) is 11.0 Å². The summed E-state index contributed by atoms with van der Waals surface area (Å²) in [6.45, 7) is 1.99. The molecule has 0 bridgehead atoms. The number of anilines is 1. The summed E-state index contributed by atoms with van der Waals surface area (Å²) in [6, 6.07) is 5.31. The van der Waals surface area contributed by atoms with Crippen LogP contribution in [0.5, 0.6) is 5.75 Å². The normalized spacial score (nSPS) is 15.1. The first-order valence-corrected chi connectivity index (χ1v) is 4.78. The van der Waals surface area contributed by atoms with Gasteiger partial charge in [-0.1, -0.05) is 0 Å². The Labute approximate surface area is 81.2 Å². The van der Waals surface area contributed by atoms with Crippen molar-refractivity contribution >= 4 is 17.0 Å². The molecule has 2 N–H and O–H groups in total. The molecule has 14 heavy (non-hydrogen) atoms. The lowest BCUT2D eigenvalue weighted by atomic mass is 10.3. The fourth-order valence-electron chi connectivity index (χ4n) is 1.92.